The molecule has 0 unspecified atom stereocenters. The molecule has 2 rings (SSSR count). The first-order valence-electron chi connectivity index (χ1n) is 6.57. The van der Waals surface area contributed by atoms with Gasteiger partial charge in [-0.25, -0.2) is 4.98 Å². The lowest BCUT2D eigenvalue weighted by Crippen LogP contribution is -2.28. The zero-order valence-electron chi connectivity index (χ0n) is 11.6. The Morgan fingerprint density at radius 3 is 2.89 bits per heavy atom. The maximum Gasteiger partial charge on any atom is 0.129 e. The first kappa shape index (κ1) is 13.7. The number of rotatable bonds is 2. The number of anilines is 1. The maximum absolute atomic E-state index is 5.74. The largest absolute Gasteiger partial charge is 0.356 e. The molecule has 0 aromatic carbocycles. The number of aryl methyl sites for hydroxylation is 1. The normalized spacial score (nSPS) is 19.7. The fourth-order valence-electron chi connectivity index (χ4n) is 2.25. The molecule has 0 aliphatic carbocycles. The quantitative estimate of drug-likeness (QED) is 0.892. The van der Waals surface area contributed by atoms with Crippen LogP contribution in [0.2, 0.25) is 0 Å². The summed E-state index contributed by atoms with van der Waals surface area (Å²) in [5, 5.41) is 0. The van der Waals surface area contributed by atoms with E-state index in [0.717, 1.165) is 24.6 Å². The summed E-state index contributed by atoms with van der Waals surface area (Å²) < 4.78 is 0.384. The molecule has 1 aliphatic rings. The van der Waals surface area contributed by atoms with Gasteiger partial charge in [-0.05, 0) is 31.0 Å². The van der Waals surface area contributed by atoms with Gasteiger partial charge in [0.25, 0.3) is 0 Å². The first-order chi connectivity index (χ1) is 8.50. The van der Waals surface area contributed by atoms with E-state index in [2.05, 4.69) is 47.6 Å². The van der Waals surface area contributed by atoms with Crippen molar-refractivity contribution < 1.29 is 0 Å². The van der Waals surface area contributed by atoms with Crippen LogP contribution in [0.25, 0.3) is 0 Å². The SMILES string of the molecule is Cc1cc(CN)cc(N2CCSC(C)(C)CC2)n1. The fraction of sp³-hybridized carbons (Fsp3) is 0.643. The van der Waals surface area contributed by atoms with Crippen molar-refractivity contribution in [3.05, 3.63) is 23.4 Å². The average molecular weight is 265 g/mol. The number of nitrogens with zero attached hydrogens (tertiary/aromatic N) is 2. The molecule has 1 aliphatic heterocycles. The van der Waals surface area contributed by atoms with Crippen LogP contribution in [0.3, 0.4) is 0 Å². The van der Waals surface area contributed by atoms with Gasteiger partial charge < -0.3 is 10.6 Å². The molecule has 2 heterocycles. The maximum atomic E-state index is 5.74. The summed E-state index contributed by atoms with van der Waals surface area (Å²) in [7, 11) is 0. The molecule has 4 heteroatoms. The molecule has 18 heavy (non-hydrogen) atoms. The van der Waals surface area contributed by atoms with E-state index < -0.39 is 0 Å². The Bertz CT molecular complexity index is 418. The van der Waals surface area contributed by atoms with Crippen LogP contribution >= 0.6 is 11.8 Å². The Morgan fingerprint density at radius 2 is 2.17 bits per heavy atom. The van der Waals surface area contributed by atoms with Gasteiger partial charge in [-0.15, -0.1) is 0 Å². The Balaban J connectivity index is 2.18. The number of thioether (sulfide) groups is 1. The van der Waals surface area contributed by atoms with Gasteiger partial charge >= 0.3 is 0 Å². The molecule has 0 radical (unpaired) electrons. The lowest BCUT2D eigenvalue weighted by atomic mass is 10.1. The van der Waals surface area contributed by atoms with Gasteiger partial charge in [0.15, 0.2) is 0 Å². The summed E-state index contributed by atoms with van der Waals surface area (Å²) in [6.07, 6.45) is 1.20. The molecule has 1 fully saturated rings. The highest BCUT2D eigenvalue weighted by Gasteiger charge is 2.24. The van der Waals surface area contributed by atoms with Crippen LogP contribution in [0.5, 0.6) is 0 Å². The average Bonchev–Trinajstić information content (AvgIpc) is 2.49. The molecule has 100 valence electrons. The fourth-order valence-corrected chi connectivity index (χ4v) is 3.35. The molecule has 0 bridgehead atoms. The Morgan fingerprint density at radius 1 is 1.39 bits per heavy atom. The third-order valence-electron chi connectivity index (χ3n) is 3.40. The summed E-state index contributed by atoms with van der Waals surface area (Å²) in [6, 6.07) is 4.20. The van der Waals surface area contributed by atoms with E-state index in [1.807, 2.05) is 6.92 Å². The van der Waals surface area contributed by atoms with Crippen molar-refractivity contribution >= 4 is 17.6 Å². The predicted octanol–water partition coefficient (Wildman–Crippen LogP) is 2.57. The van der Waals surface area contributed by atoms with Crippen LogP contribution in [-0.4, -0.2) is 28.6 Å². The third-order valence-corrected chi connectivity index (χ3v) is 4.77. The molecular weight excluding hydrogens is 242 g/mol. The standard InChI is InChI=1S/C14H23N3S/c1-11-8-12(10-15)9-13(16-11)17-5-4-14(2,3)18-7-6-17/h8-9H,4-7,10,15H2,1-3H3. The van der Waals surface area contributed by atoms with Crippen LogP contribution in [0.1, 0.15) is 31.5 Å². The van der Waals surface area contributed by atoms with Crippen molar-refractivity contribution in [2.45, 2.75) is 38.5 Å². The van der Waals surface area contributed by atoms with Crippen molar-refractivity contribution in [1.82, 2.24) is 4.98 Å². The molecular formula is C14H23N3S. The third kappa shape index (κ3) is 3.39. The number of nitrogens with two attached hydrogens (primary N) is 1. The van der Waals surface area contributed by atoms with E-state index in [4.69, 9.17) is 5.73 Å². The molecule has 0 amide bonds. The monoisotopic (exact) mass is 265 g/mol. The summed E-state index contributed by atoms with van der Waals surface area (Å²) in [5.41, 5.74) is 7.97. The summed E-state index contributed by atoms with van der Waals surface area (Å²) in [5.74, 6) is 2.26. The van der Waals surface area contributed by atoms with Gasteiger partial charge in [-0.2, -0.15) is 11.8 Å². The van der Waals surface area contributed by atoms with E-state index in [9.17, 15) is 0 Å². The van der Waals surface area contributed by atoms with Gasteiger partial charge in [0.1, 0.15) is 5.82 Å². The lowest BCUT2D eigenvalue weighted by molar-refractivity contribution is 0.634. The van der Waals surface area contributed by atoms with Gasteiger partial charge in [0.05, 0.1) is 0 Å². The smallest absolute Gasteiger partial charge is 0.129 e. The van der Waals surface area contributed by atoms with Crippen molar-refractivity contribution in [2.24, 2.45) is 5.73 Å². The van der Waals surface area contributed by atoms with E-state index in [0.29, 0.717) is 11.3 Å². The Hall–Kier alpha value is -0.740. The topological polar surface area (TPSA) is 42.1 Å². The molecule has 0 saturated carbocycles. The highest BCUT2D eigenvalue weighted by molar-refractivity contribution is 8.00. The zero-order chi connectivity index (χ0) is 13.2. The van der Waals surface area contributed by atoms with E-state index >= 15 is 0 Å². The first-order valence-corrected chi connectivity index (χ1v) is 7.55. The highest BCUT2D eigenvalue weighted by Crippen LogP contribution is 2.32. The number of aromatic nitrogens is 1. The minimum atomic E-state index is 0.384. The summed E-state index contributed by atoms with van der Waals surface area (Å²) in [6.45, 7) is 9.45. The molecule has 3 nitrogen and oxygen atoms in total. The number of hydrogen-bond acceptors (Lipinski definition) is 4. The van der Waals surface area contributed by atoms with Gasteiger partial charge in [0.2, 0.25) is 0 Å². The van der Waals surface area contributed by atoms with Crippen LogP contribution in [0, 0.1) is 6.92 Å². The molecule has 1 aromatic rings. The summed E-state index contributed by atoms with van der Waals surface area (Å²) >= 11 is 2.06. The van der Waals surface area contributed by atoms with Gasteiger partial charge in [-0.1, -0.05) is 13.8 Å². The van der Waals surface area contributed by atoms with Crippen LogP contribution < -0.4 is 10.6 Å². The van der Waals surface area contributed by atoms with Crippen LogP contribution in [0.4, 0.5) is 5.82 Å². The van der Waals surface area contributed by atoms with E-state index in [1.165, 1.54) is 17.7 Å². The molecule has 1 aromatic heterocycles. The second-order valence-corrected chi connectivity index (χ2v) is 7.33. The minimum absolute atomic E-state index is 0.384. The van der Waals surface area contributed by atoms with Crippen LogP contribution in [-0.2, 0) is 6.54 Å². The van der Waals surface area contributed by atoms with E-state index in [1.54, 1.807) is 0 Å². The van der Waals surface area contributed by atoms with Crippen molar-refractivity contribution in [3.8, 4) is 0 Å². The van der Waals surface area contributed by atoms with Gasteiger partial charge in [-0.3, -0.25) is 0 Å². The number of hydrogen-bond donors (Lipinski definition) is 1. The molecule has 0 atom stereocenters. The molecule has 2 N–H and O–H groups in total. The highest BCUT2D eigenvalue weighted by atomic mass is 32.2. The predicted molar refractivity (Wildman–Crippen MR) is 80.2 cm³/mol. The van der Waals surface area contributed by atoms with Crippen molar-refractivity contribution in [3.63, 3.8) is 0 Å². The summed E-state index contributed by atoms with van der Waals surface area (Å²) in [4.78, 5) is 7.05. The molecule has 0 spiro atoms. The van der Waals surface area contributed by atoms with Crippen LogP contribution in [0.15, 0.2) is 12.1 Å². The van der Waals surface area contributed by atoms with Gasteiger partial charge in [0, 0.05) is 35.8 Å². The number of pyridine rings is 1. The van der Waals surface area contributed by atoms with Crippen molar-refractivity contribution in [1.29, 1.82) is 0 Å². The zero-order valence-corrected chi connectivity index (χ0v) is 12.4. The Labute approximate surface area is 114 Å². The molecule has 1 saturated heterocycles. The van der Waals surface area contributed by atoms with Crippen molar-refractivity contribution in [2.75, 3.05) is 23.7 Å². The minimum Gasteiger partial charge on any atom is -0.356 e. The lowest BCUT2D eigenvalue weighted by Gasteiger charge is -2.24. The second-order valence-electron chi connectivity index (χ2n) is 5.52. The Kier molecular flexibility index (Phi) is 4.17. The van der Waals surface area contributed by atoms with E-state index in [-0.39, 0.29) is 0 Å². The second kappa shape index (κ2) is 5.49.